The molecule has 0 saturated carbocycles. The zero-order valence-electron chi connectivity index (χ0n) is 9.25. The largest absolute Gasteiger partial charge is 0.379 e. The molecule has 1 N–H and O–H groups in total. The van der Waals surface area contributed by atoms with Crippen LogP contribution in [-0.2, 0) is 6.54 Å². The fourth-order valence-corrected chi connectivity index (χ4v) is 2.99. The average Bonchev–Trinajstić information content (AvgIpc) is 2.68. The highest BCUT2D eigenvalue weighted by molar-refractivity contribution is 9.10. The number of nitrogens with zero attached hydrogens (tertiary/aromatic N) is 1. The van der Waals surface area contributed by atoms with Crippen molar-refractivity contribution in [2.75, 3.05) is 5.32 Å². The van der Waals surface area contributed by atoms with Crippen LogP contribution in [0.3, 0.4) is 0 Å². The molecule has 1 aromatic carbocycles. The molecule has 2 nitrogen and oxygen atoms in total. The third kappa shape index (κ3) is 2.62. The van der Waals surface area contributed by atoms with Crippen molar-refractivity contribution in [3.8, 4) is 0 Å². The third-order valence-corrected chi connectivity index (χ3v) is 3.76. The van der Waals surface area contributed by atoms with Gasteiger partial charge in [0, 0.05) is 15.5 Å². The smallest absolute Gasteiger partial charge is 0.0794 e. The van der Waals surface area contributed by atoms with E-state index in [2.05, 4.69) is 52.2 Å². The summed E-state index contributed by atoms with van der Waals surface area (Å²) >= 11 is 5.26. The standard InChI is InChI=1S/C12H13BrN2S/c1-8-3-9(2)12(11(13)4-8)15-6-10-5-14-7-16-10/h3-5,7,15H,6H2,1-2H3. The van der Waals surface area contributed by atoms with Crippen molar-refractivity contribution in [2.24, 2.45) is 0 Å². The van der Waals surface area contributed by atoms with Crippen molar-refractivity contribution in [2.45, 2.75) is 20.4 Å². The summed E-state index contributed by atoms with van der Waals surface area (Å²) < 4.78 is 1.12. The number of halogens is 1. The average molecular weight is 297 g/mol. The van der Waals surface area contributed by atoms with Gasteiger partial charge in [0.2, 0.25) is 0 Å². The number of aryl methyl sites for hydroxylation is 2. The Kier molecular flexibility index (Phi) is 3.61. The lowest BCUT2D eigenvalue weighted by molar-refractivity contribution is 1.15. The predicted molar refractivity (Wildman–Crippen MR) is 73.1 cm³/mol. The molecule has 0 bridgehead atoms. The molecule has 0 amide bonds. The Balaban J connectivity index is 2.15. The number of aromatic nitrogens is 1. The molecule has 0 spiro atoms. The second-order valence-electron chi connectivity index (χ2n) is 3.76. The van der Waals surface area contributed by atoms with E-state index in [9.17, 15) is 0 Å². The van der Waals surface area contributed by atoms with Gasteiger partial charge in [-0.25, -0.2) is 0 Å². The van der Waals surface area contributed by atoms with Crippen molar-refractivity contribution in [3.63, 3.8) is 0 Å². The van der Waals surface area contributed by atoms with E-state index in [0.717, 1.165) is 11.0 Å². The van der Waals surface area contributed by atoms with Crippen LogP contribution in [0, 0.1) is 13.8 Å². The molecule has 0 fully saturated rings. The van der Waals surface area contributed by atoms with E-state index in [1.165, 1.54) is 21.7 Å². The van der Waals surface area contributed by atoms with Crippen LogP contribution >= 0.6 is 27.3 Å². The first-order valence-electron chi connectivity index (χ1n) is 5.05. The molecule has 2 aromatic rings. The predicted octanol–water partition coefficient (Wildman–Crippen LogP) is 4.13. The highest BCUT2D eigenvalue weighted by Crippen LogP contribution is 2.28. The Morgan fingerprint density at radius 2 is 2.19 bits per heavy atom. The van der Waals surface area contributed by atoms with E-state index in [0.29, 0.717) is 0 Å². The maximum Gasteiger partial charge on any atom is 0.0794 e. The molecule has 2 rings (SSSR count). The van der Waals surface area contributed by atoms with Gasteiger partial charge in [-0.2, -0.15) is 0 Å². The quantitative estimate of drug-likeness (QED) is 0.921. The molecule has 0 aliphatic rings. The zero-order chi connectivity index (χ0) is 11.5. The normalized spacial score (nSPS) is 10.4. The molecule has 0 radical (unpaired) electrons. The molecule has 0 atom stereocenters. The van der Waals surface area contributed by atoms with Gasteiger partial charge in [-0.3, -0.25) is 4.98 Å². The van der Waals surface area contributed by atoms with E-state index in [-0.39, 0.29) is 0 Å². The summed E-state index contributed by atoms with van der Waals surface area (Å²) in [4.78, 5) is 5.30. The van der Waals surface area contributed by atoms with Gasteiger partial charge in [-0.15, -0.1) is 11.3 Å². The lowest BCUT2D eigenvalue weighted by Crippen LogP contribution is -2.00. The summed E-state index contributed by atoms with van der Waals surface area (Å²) in [6.45, 7) is 5.05. The number of hydrogen-bond donors (Lipinski definition) is 1. The number of rotatable bonds is 3. The van der Waals surface area contributed by atoms with Gasteiger partial charge in [-0.05, 0) is 47.0 Å². The van der Waals surface area contributed by atoms with E-state index < -0.39 is 0 Å². The van der Waals surface area contributed by atoms with Gasteiger partial charge in [0.15, 0.2) is 0 Å². The summed E-state index contributed by atoms with van der Waals surface area (Å²) in [6.07, 6.45) is 1.90. The molecule has 16 heavy (non-hydrogen) atoms. The number of thiazole rings is 1. The van der Waals surface area contributed by atoms with E-state index in [1.54, 1.807) is 11.3 Å². The van der Waals surface area contributed by atoms with Gasteiger partial charge >= 0.3 is 0 Å². The Bertz CT molecular complexity index is 457. The molecule has 0 unspecified atom stereocenters. The van der Waals surface area contributed by atoms with E-state index in [1.807, 2.05) is 11.7 Å². The fraction of sp³-hybridized carbons (Fsp3) is 0.250. The monoisotopic (exact) mass is 296 g/mol. The van der Waals surface area contributed by atoms with Crippen LogP contribution in [-0.4, -0.2) is 4.98 Å². The number of hydrogen-bond acceptors (Lipinski definition) is 3. The molecule has 1 heterocycles. The first-order valence-corrected chi connectivity index (χ1v) is 6.72. The first-order chi connectivity index (χ1) is 7.66. The summed E-state index contributed by atoms with van der Waals surface area (Å²) in [5.74, 6) is 0. The highest BCUT2D eigenvalue weighted by atomic mass is 79.9. The lowest BCUT2D eigenvalue weighted by Gasteiger charge is -2.11. The molecule has 0 aliphatic heterocycles. The van der Waals surface area contributed by atoms with Crippen LogP contribution in [0.25, 0.3) is 0 Å². The topological polar surface area (TPSA) is 24.9 Å². The maximum atomic E-state index is 4.06. The van der Waals surface area contributed by atoms with Gasteiger partial charge in [-0.1, -0.05) is 6.07 Å². The Labute approximate surface area is 108 Å². The summed E-state index contributed by atoms with van der Waals surface area (Å²) in [6, 6.07) is 4.31. The Morgan fingerprint density at radius 3 is 2.81 bits per heavy atom. The molecule has 1 aromatic heterocycles. The highest BCUT2D eigenvalue weighted by Gasteiger charge is 2.04. The molecule has 0 aliphatic carbocycles. The maximum absolute atomic E-state index is 4.06. The molecule has 84 valence electrons. The van der Waals surface area contributed by atoms with E-state index in [4.69, 9.17) is 0 Å². The van der Waals surface area contributed by atoms with Crippen molar-refractivity contribution >= 4 is 33.0 Å². The first kappa shape index (κ1) is 11.6. The third-order valence-electron chi connectivity index (χ3n) is 2.35. The van der Waals surface area contributed by atoms with Crippen LogP contribution < -0.4 is 5.32 Å². The fourth-order valence-electron chi connectivity index (χ4n) is 1.64. The number of benzene rings is 1. The van der Waals surface area contributed by atoms with Crippen LogP contribution in [0.15, 0.2) is 28.3 Å². The molecular weight excluding hydrogens is 284 g/mol. The summed E-state index contributed by atoms with van der Waals surface area (Å²) in [7, 11) is 0. The lowest BCUT2D eigenvalue weighted by atomic mass is 10.1. The molecular formula is C12H13BrN2S. The van der Waals surface area contributed by atoms with E-state index >= 15 is 0 Å². The summed E-state index contributed by atoms with van der Waals surface area (Å²) in [5.41, 5.74) is 5.55. The van der Waals surface area contributed by atoms with Gasteiger partial charge in [0.05, 0.1) is 17.7 Å². The van der Waals surface area contributed by atoms with Crippen LogP contribution in [0.1, 0.15) is 16.0 Å². The molecule has 4 heteroatoms. The van der Waals surface area contributed by atoms with Gasteiger partial charge in [0.1, 0.15) is 0 Å². The van der Waals surface area contributed by atoms with Crippen molar-refractivity contribution in [1.29, 1.82) is 0 Å². The van der Waals surface area contributed by atoms with Gasteiger partial charge < -0.3 is 5.32 Å². The zero-order valence-corrected chi connectivity index (χ0v) is 11.7. The van der Waals surface area contributed by atoms with Crippen LogP contribution in [0.4, 0.5) is 5.69 Å². The SMILES string of the molecule is Cc1cc(C)c(NCc2cncs2)c(Br)c1. The van der Waals surface area contributed by atoms with Crippen LogP contribution in [0.2, 0.25) is 0 Å². The van der Waals surface area contributed by atoms with Crippen molar-refractivity contribution < 1.29 is 0 Å². The summed E-state index contributed by atoms with van der Waals surface area (Å²) in [5, 5.41) is 3.43. The Morgan fingerprint density at radius 1 is 1.38 bits per heavy atom. The van der Waals surface area contributed by atoms with Crippen LogP contribution in [0.5, 0.6) is 0 Å². The minimum atomic E-state index is 0.827. The Hall–Kier alpha value is -0.870. The number of nitrogens with one attached hydrogen (secondary N) is 1. The van der Waals surface area contributed by atoms with Crippen molar-refractivity contribution in [3.05, 3.63) is 44.3 Å². The minimum absolute atomic E-state index is 0.827. The van der Waals surface area contributed by atoms with Crippen molar-refractivity contribution in [1.82, 2.24) is 4.98 Å². The van der Waals surface area contributed by atoms with Gasteiger partial charge in [0.25, 0.3) is 0 Å². The second-order valence-corrected chi connectivity index (χ2v) is 5.59. The number of anilines is 1. The minimum Gasteiger partial charge on any atom is -0.379 e. The second kappa shape index (κ2) is 4.97. The molecule has 0 saturated heterocycles.